The molecule has 0 spiro atoms. The topological polar surface area (TPSA) is 49.3 Å². The molecule has 116 valence electrons. The quantitative estimate of drug-likeness (QED) is 0.811. The van der Waals surface area contributed by atoms with Gasteiger partial charge < -0.3 is 10.4 Å². The van der Waals surface area contributed by atoms with Gasteiger partial charge in [-0.2, -0.15) is 0 Å². The van der Waals surface area contributed by atoms with E-state index in [0.29, 0.717) is 13.0 Å². The van der Waals surface area contributed by atoms with Crippen LogP contribution in [-0.2, 0) is 11.2 Å². The summed E-state index contributed by atoms with van der Waals surface area (Å²) in [4.78, 5) is 12.1. The predicted octanol–water partition coefficient (Wildman–Crippen LogP) is 2.92. The van der Waals surface area contributed by atoms with Crippen molar-refractivity contribution in [3.8, 4) is 0 Å². The van der Waals surface area contributed by atoms with E-state index < -0.39 is 6.10 Å². The molecule has 2 unspecified atom stereocenters. The van der Waals surface area contributed by atoms with Gasteiger partial charge in [0.2, 0.25) is 5.91 Å². The van der Waals surface area contributed by atoms with Crippen molar-refractivity contribution in [1.82, 2.24) is 5.32 Å². The van der Waals surface area contributed by atoms with Gasteiger partial charge in [0.25, 0.3) is 0 Å². The van der Waals surface area contributed by atoms with E-state index in [1.807, 2.05) is 37.3 Å². The molecule has 1 aromatic carbocycles. The standard InChI is InChI=1S/C18H27NO2/c1-14(11-15-9-5-6-10-15)18(21)19-13-17(20)12-16-7-3-2-4-8-16/h2-4,7-8,14-15,17,20H,5-6,9-13H2,1H3,(H,19,21). The molecule has 0 saturated heterocycles. The number of benzene rings is 1. The molecule has 2 atom stereocenters. The van der Waals surface area contributed by atoms with Crippen molar-refractivity contribution >= 4 is 5.91 Å². The van der Waals surface area contributed by atoms with Gasteiger partial charge in [0.15, 0.2) is 0 Å². The number of amides is 1. The molecule has 21 heavy (non-hydrogen) atoms. The molecular formula is C18H27NO2. The summed E-state index contributed by atoms with van der Waals surface area (Å²) in [6.07, 6.45) is 6.22. The number of aliphatic hydroxyl groups is 1. The van der Waals surface area contributed by atoms with E-state index in [2.05, 4.69) is 5.32 Å². The lowest BCUT2D eigenvalue weighted by atomic mass is 9.94. The largest absolute Gasteiger partial charge is 0.391 e. The molecule has 1 amide bonds. The highest BCUT2D eigenvalue weighted by Gasteiger charge is 2.22. The van der Waals surface area contributed by atoms with Crippen molar-refractivity contribution in [2.24, 2.45) is 11.8 Å². The Morgan fingerprint density at radius 1 is 1.29 bits per heavy atom. The number of rotatable bonds is 7. The Balaban J connectivity index is 1.67. The zero-order chi connectivity index (χ0) is 15.1. The molecule has 3 heteroatoms. The first kappa shape index (κ1) is 16.0. The van der Waals surface area contributed by atoms with Crippen LogP contribution in [0.3, 0.4) is 0 Å². The van der Waals surface area contributed by atoms with Crippen molar-refractivity contribution in [2.45, 2.75) is 51.6 Å². The maximum Gasteiger partial charge on any atom is 0.222 e. The van der Waals surface area contributed by atoms with Crippen molar-refractivity contribution in [1.29, 1.82) is 0 Å². The van der Waals surface area contributed by atoms with Crippen molar-refractivity contribution < 1.29 is 9.90 Å². The summed E-state index contributed by atoms with van der Waals surface area (Å²) in [5.74, 6) is 0.853. The van der Waals surface area contributed by atoms with Crippen LogP contribution in [0.4, 0.5) is 0 Å². The molecule has 0 radical (unpaired) electrons. The fourth-order valence-corrected chi connectivity index (χ4v) is 3.20. The molecule has 0 aromatic heterocycles. The first-order chi connectivity index (χ1) is 10.1. The van der Waals surface area contributed by atoms with Crippen LogP contribution in [0.2, 0.25) is 0 Å². The van der Waals surface area contributed by atoms with Crippen LogP contribution >= 0.6 is 0 Å². The average molecular weight is 289 g/mol. The highest BCUT2D eigenvalue weighted by Crippen LogP contribution is 2.30. The van der Waals surface area contributed by atoms with Gasteiger partial charge in [-0.1, -0.05) is 62.9 Å². The van der Waals surface area contributed by atoms with Gasteiger partial charge in [0.1, 0.15) is 0 Å². The second kappa shape index (κ2) is 8.18. The van der Waals surface area contributed by atoms with Gasteiger partial charge in [-0.25, -0.2) is 0 Å². The zero-order valence-corrected chi connectivity index (χ0v) is 12.9. The number of hydrogen-bond acceptors (Lipinski definition) is 2. The summed E-state index contributed by atoms with van der Waals surface area (Å²) in [6, 6.07) is 9.87. The Morgan fingerprint density at radius 3 is 2.62 bits per heavy atom. The third-order valence-corrected chi connectivity index (χ3v) is 4.44. The average Bonchev–Trinajstić information content (AvgIpc) is 2.98. The summed E-state index contributed by atoms with van der Waals surface area (Å²) in [5, 5.41) is 12.9. The predicted molar refractivity (Wildman–Crippen MR) is 84.9 cm³/mol. The molecule has 2 rings (SSSR count). The van der Waals surface area contributed by atoms with E-state index in [1.165, 1.54) is 25.7 Å². The van der Waals surface area contributed by atoms with Gasteiger partial charge >= 0.3 is 0 Å². The minimum absolute atomic E-state index is 0.0528. The molecule has 1 aliphatic rings. The Labute approximate surface area is 127 Å². The van der Waals surface area contributed by atoms with E-state index >= 15 is 0 Å². The van der Waals surface area contributed by atoms with Gasteiger partial charge in [-0.15, -0.1) is 0 Å². The van der Waals surface area contributed by atoms with Gasteiger partial charge in [0.05, 0.1) is 6.10 Å². The number of aliphatic hydroxyl groups excluding tert-OH is 1. The summed E-state index contributed by atoms with van der Waals surface area (Å²) in [6.45, 7) is 2.33. The van der Waals surface area contributed by atoms with Gasteiger partial charge in [-0.3, -0.25) is 4.79 Å². The number of carbonyl (C=O) groups is 1. The lowest BCUT2D eigenvalue weighted by Gasteiger charge is -2.18. The molecule has 3 nitrogen and oxygen atoms in total. The highest BCUT2D eigenvalue weighted by atomic mass is 16.3. The zero-order valence-electron chi connectivity index (χ0n) is 12.9. The normalized spacial score (nSPS) is 18.4. The third kappa shape index (κ3) is 5.50. The van der Waals surface area contributed by atoms with E-state index in [4.69, 9.17) is 0 Å². The number of carbonyl (C=O) groups excluding carboxylic acids is 1. The maximum absolute atomic E-state index is 12.1. The first-order valence-corrected chi connectivity index (χ1v) is 8.15. The number of hydrogen-bond donors (Lipinski definition) is 2. The summed E-state index contributed by atoms with van der Waals surface area (Å²) < 4.78 is 0. The fraction of sp³-hybridized carbons (Fsp3) is 0.611. The molecule has 0 bridgehead atoms. The van der Waals surface area contributed by atoms with E-state index in [9.17, 15) is 9.90 Å². The van der Waals surface area contributed by atoms with Gasteiger partial charge in [0, 0.05) is 18.9 Å². The lowest BCUT2D eigenvalue weighted by molar-refractivity contribution is -0.125. The minimum atomic E-state index is -0.518. The Kier molecular flexibility index (Phi) is 6.24. The first-order valence-electron chi connectivity index (χ1n) is 8.15. The molecular weight excluding hydrogens is 262 g/mol. The van der Waals surface area contributed by atoms with Crippen LogP contribution in [0.15, 0.2) is 30.3 Å². The van der Waals surface area contributed by atoms with Crippen LogP contribution in [-0.4, -0.2) is 23.7 Å². The highest BCUT2D eigenvalue weighted by molar-refractivity contribution is 5.78. The molecule has 2 N–H and O–H groups in total. The summed E-state index contributed by atoms with van der Waals surface area (Å²) in [5.41, 5.74) is 1.10. The minimum Gasteiger partial charge on any atom is -0.391 e. The molecule has 1 fully saturated rings. The molecule has 1 saturated carbocycles. The van der Waals surface area contributed by atoms with Crippen LogP contribution in [0.25, 0.3) is 0 Å². The van der Waals surface area contributed by atoms with Crippen LogP contribution in [0, 0.1) is 11.8 Å². The van der Waals surface area contributed by atoms with Crippen molar-refractivity contribution in [3.05, 3.63) is 35.9 Å². The Hall–Kier alpha value is -1.35. The van der Waals surface area contributed by atoms with E-state index in [-0.39, 0.29) is 11.8 Å². The summed E-state index contributed by atoms with van der Waals surface area (Å²) in [7, 11) is 0. The van der Waals surface area contributed by atoms with E-state index in [1.54, 1.807) is 0 Å². The number of nitrogens with one attached hydrogen (secondary N) is 1. The second-order valence-electron chi connectivity index (χ2n) is 6.38. The molecule has 1 aromatic rings. The Bertz CT molecular complexity index is 426. The Morgan fingerprint density at radius 2 is 1.95 bits per heavy atom. The van der Waals surface area contributed by atoms with Crippen LogP contribution in [0.1, 0.15) is 44.6 Å². The van der Waals surface area contributed by atoms with Crippen molar-refractivity contribution in [3.63, 3.8) is 0 Å². The smallest absolute Gasteiger partial charge is 0.222 e. The molecule has 1 aliphatic carbocycles. The monoisotopic (exact) mass is 289 g/mol. The third-order valence-electron chi connectivity index (χ3n) is 4.44. The summed E-state index contributed by atoms with van der Waals surface area (Å²) >= 11 is 0. The van der Waals surface area contributed by atoms with Crippen LogP contribution in [0.5, 0.6) is 0 Å². The SMILES string of the molecule is CC(CC1CCCC1)C(=O)NCC(O)Cc1ccccc1. The van der Waals surface area contributed by atoms with Crippen molar-refractivity contribution in [2.75, 3.05) is 6.54 Å². The van der Waals surface area contributed by atoms with Crippen LogP contribution < -0.4 is 5.32 Å². The second-order valence-corrected chi connectivity index (χ2v) is 6.38. The molecule has 0 heterocycles. The van der Waals surface area contributed by atoms with E-state index in [0.717, 1.165) is 17.9 Å². The molecule has 0 aliphatic heterocycles. The lowest BCUT2D eigenvalue weighted by Crippen LogP contribution is -2.36. The fourth-order valence-electron chi connectivity index (χ4n) is 3.20. The maximum atomic E-state index is 12.1. The van der Waals surface area contributed by atoms with Gasteiger partial charge in [-0.05, 0) is 17.9 Å².